The first kappa shape index (κ1) is 18.6. The van der Waals surface area contributed by atoms with Crippen LogP contribution in [0.2, 0.25) is 0 Å². The number of nitrogens with zero attached hydrogens (tertiary/aromatic N) is 1. The van der Waals surface area contributed by atoms with Gasteiger partial charge in [-0.05, 0) is 49.4 Å². The predicted octanol–water partition coefficient (Wildman–Crippen LogP) is 4.77. The number of rotatable bonds is 3. The fraction of sp³-hybridized carbons (Fsp3) is 0.273. The zero-order chi connectivity index (χ0) is 19.7. The van der Waals surface area contributed by atoms with Gasteiger partial charge in [0.1, 0.15) is 0 Å². The Balaban J connectivity index is 1.61. The lowest BCUT2D eigenvalue weighted by Gasteiger charge is -2.10. The molecule has 144 valence electrons. The van der Waals surface area contributed by atoms with E-state index >= 15 is 4.39 Å². The van der Waals surface area contributed by atoms with Crippen LogP contribution < -0.4 is 10.9 Å². The molecule has 0 atom stereocenters. The van der Waals surface area contributed by atoms with Crippen LogP contribution in [0.4, 0.5) is 10.1 Å². The molecule has 0 saturated heterocycles. The van der Waals surface area contributed by atoms with Crippen LogP contribution >= 0.6 is 11.3 Å². The van der Waals surface area contributed by atoms with Crippen molar-refractivity contribution in [2.24, 2.45) is 7.05 Å². The van der Waals surface area contributed by atoms with Crippen molar-refractivity contribution in [3.63, 3.8) is 0 Å². The van der Waals surface area contributed by atoms with E-state index in [1.807, 2.05) is 6.07 Å². The Hall–Kier alpha value is -2.73. The summed E-state index contributed by atoms with van der Waals surface area (Å²) >= 11 is 1.51. The number of aryl methyl sites for hydroxylation is 3. The van der Waals surface area contributed by atoms with E-state index in [-0.39, 0.29) is 17.2 Å². The van der Waals surface area contributed by atoms with Crippen LogP contribution in [0.25, 0.3) is 11.1 Å². The molecule has 0 fully saturated rings. The van der Waals surface area contributed by atoms with Crippen LogP contribution in [0.3, 0.4) is 0 Å². The van der Waals surface area contributed by atoms with Gasteiger partial charge in [-0.1, -0.05) is 18.6 Å². The molecule has 4 rings (SSSR count). The lowest BCUT2D eigenvalue weighted by molar-refractivity contribution is 0.103. The summed E-state index contributed by atoms with van der Waals surface area (Å²) in [6.07, 6.45) is 7.15. The van der Waals surface area contributed by atoms with Crippen LogP contribution in [0, 0.1) is 5.82 Å². The molecule has 4 nitrogen and oxygen atoms in total. The van der Waals surface area contributed by atoms with Crippen molar-refractivity contribution >= 4 is 22.9 Å². The fourth-order valence-electron chi connectivity index (χ4n) is 3.57. The second kappa shape index (κ2) is 7.72. The maximum atomic E-state index is 15.0. The molecule has 1 aromatic carbocycles. The number of nitrogens with one attached hydrogen (secondary N) is 1. The predicted molar refractivity (Wildman–Crippen MR) is 111 cm³/mol. The number of hydrogen-bond acceptors (Lipinski definition) is 3. The van der Waals surface area contributed by atoms with E-state index in [0.717, 1.165) is 25.7 Å². The number of fused-ring (bicyclic) bond motifs is 1. The van der Waals surface area contributed by atoms with Crippen LogP contribution in [-0.4, -0.2) is 10.5 Å². The molecule has 0 bridgehead atoms. The van der Waals surface area contributed by atoms with Gasteiger partial charge in [0.2, 0.25) is 5.56 Å². The first-order chi connectivity index (χ1) is 13.5. The monoisotopic (exact) mass is 396 g/mol. The van der Waals surface area contributed by atoms with Gasteiger partial charge < -0.3 is 9.88 Å². The van der Waals surface area contributed by atoms with Crippen molar-refractivity contribution in [1.82, 2.24) is 4.57 Å². The van der Waals surface area contributed by atoms with Gasteiger partial charge in [-0.3, -0.25) is 9.59 Å². The van der Waals surface area contributed by atoms with Gasteiger partial charge in [0.15, 0.2) is 5.82 Å². The first-order valence-electron chi connectivity index (χ1n) is 9.41. The molecule has 0 saturated carbocycles. The number of anilines is 1. The quantitative estimate of drug-likeness (QED) is 0.648. The first-order valence-corrected chi connectivity index (χ1v) is 10.2. The van der Waals surface area contributed by atoms with Crippen molar-refractivity contribution in [3.8, 4) is 11.1 Å². The molecule has 0 unspecified atom stereocenters. The summed E-state index contributed by atoms with van der Waals surface area (Å²) in [5, 5.41) is 2.72. The van der Waals surface area contributed by atoms with Gasteiger partial charge in [-0.2, -0.15) is 0 Å². The summed E-state index contributed by atoms with van der Waals surface area (Å²) in [5.74, 6) is -0.790. The second-order valence-corrected chi connectivity index (χ2v) is 8.24. The van der Waals surface area contributed by atoms with Crippen LogP contribution in [0.1, 0.15) is 39.4 Å². The summed E-state index contributed by atoms with van der Waals surface area (Å²) in [4.78, 5) is 26.2. The molecule has 28 heavy (non-hydrogen) atoms. The van der Waals surface area contributed by atoms with Crippen molar-refractivity contribution < 1.29 is 9.18 Å². The standard InChI is InChI=1S/C22H21FN2O2S/c1-25-13-15(10-11-20(25)26)16-7-5-8-17(21(16)23)24-22(27)19-12-14-6-3-2-4-9-18(14)28-19/h5,7-8,10-13H,2-4,6,9H2,1H3,(H,24,27). The molecule has 0 radical (unpaired) electrons. The Bertz CT molecular complexity index is 1080. The van der Waals surface area contributed by atoms with Gasteiger partial charge in [0.25, 0.3) is 5.91 Å². The topological polar surface area (TPSA) is 51.1 Å². The minimum Gasteiger partial charge on any atom is -0.319 e. The molecule has 1 aliphatic rings. The summed E-state index contributed by atoms with van der Waals surface area (Å²) in [7, 11) is 1.62. The molecular formula is C22H21FN2O2S. The second-order valence-electron chi connectivity index (χ2n) is 7.11. The van der Waals surface area contributed by atoms with Gasteiger partial charge in [0, 0.05) is 35.3 Å². The Morgan fingerprint density at radius 1 is 1.14 bits per heavy atom. The molecule has 1 N–H and O–H groups in total. The van der Waals surface area contributed by atoms with E-state index in [4.69, 9.17) is 0 Å². The SMILES string of the molecule is Cn1cc(-c2cccc(NC(=O)c3cc4c(s3)CCCCC4)c2F)ccc1=O. The van der Waals surface area contributed by atoms with E-state index < -0.39 is 5.82 Å². The Kier molecular flexibility index (Phi) is 5.13. The highest BCUT2D eigenvalue weighted by Gasteiger charge is 2.18. The average Bonchev–Trinajstić information content (AvgIpc) is 2.96. The molecule has 3 aromatic rings. The highest BCUT2D eigenvalue weighted by molar-refractivity contribution is 7.14. The van der Waals surface area contributed by atoms with E-state index in [0.29, 0.717) is 16.0 Å². The van der Waals surface area contributed by atoms with Crippen molar-refractivity contribution in [1.29, 1.82) is 0 Å². The Morgan fingerprint density at radius 3 is 2.79 bits per heavy atom. The molecular weight excluding hydrogens is 375 g/mol. The van der Waals surface area contributed by atoms with E-state index in [9.17, 15) is 9.59 Å². The minimum atomic E-state index is -0.507. The average molecular weight is 396 g/mol. The van der Waals surface area contributed by atoms with Crippen molar-refractivity contribution in [2.45, 2.75) is 32.1 Å². The van der Waals surface area contributed by atoms with Gasteiger partial charge in [-0.25, -0.2) is 4.39 Å². The zero-order valence-electron chi connectivity index (χ0n) is 15.6. The maximum absolute atomic E-state index is 15.0. The number of thiophene rings is 1. The van der Waals surface area contributed by atoms with E-state index in [1.165, 1.54) is 38.8 Å². The third-order valence-corrected chi connectivity index (χ3v) is 6.35. The Labute approximate surface area is 166 Å². The van der Waals surface area contributed by atoms with E-state index in [2.05, 4.69) is 5.32 Å². The van der Waals surface area contributed by atoms with Crippen LogP contribution in [-0.2, 0) is 19.9 Å². The lowest BCUT2D eigenvalue weighted by Crippen LogP contribution is -2.14. The molecule has 1 aliphatic carbocycles. The van der Waals surface area contributed by atoms with Gasteiger partial charge >= 0.3 is 0 Å². The number of halogens is 1. The van der Waals surface area contributed by atoms with Crippen molar-refractivity contribution in [2.75, 3.05) is 5.32 Å². The molecule has 0 spiro atoms. The molecule has 2 heterocycles. The molecule has 1 amide bonds. The van der Waals surface area contributed by atoms with Gasteiger partial charge in [-0.15, -0.1) is 11.3 Å². The third-order valence-electron chi connectivity index (χ3n) is 5.11. The number of aromatic nitrogens is 1. The number of amides is 1. The van der Waals surface area contributed by atoms with Crippen LogP contribution in [0.5, 0.6) is 0 Å². The van der Waals surface area contributed by atoms with Crippen molar-refractivity contribution in [3.05, 3.63) is 74.1 Å². The smallest absolute Gasteiger partial charge is 0.265 e. The number of carbonyl (C=O) groups is 1. The number of pyridine rings is 1. The van der Waals surface area contributed by atoms with E-state index in [1.54, 1.807) is 37.5 Å². The van der Waals surface area contributed by atoms with Crippen LogP contribution in [0.15, 0.2) is 47.4 Å². The maximum Gasteiger partial charge on any atom is 0.265 e. The summed E-state index contributed by atoms with van der Waals surface area (Å²) in [6, 6.07) is 9.83. The summed E-state index contributed by atoms with van der Waals surface area (Å²) in [6.45, 7) is 0. The number of benzene rings is 1. The minimum absolute atomic E-state index is 0.139. The molecule has 0 aliphatic heterocycles. The van der Waals surface area contributed by atoms with Gasteiger partial charge in [0.05, 0.1) is 10.6 Å². The molecule has 6 heteroatoms. The Morgan fingerprint density at radius 2 is 1.96 bits per heavy atom. The summed E-state index contributed by atoms with van der Waals surface area (Å²) in [5.41, 5.74) is 2.16. The largest absolute Gasteiger partial charge is 0.319 e. The lowest BCUT2D eigenvalue weighted by atomic mass is 10.1. The number of hydrogen-bond donors (Lipinski definition) is 1. The molecule has 2 aromatic heterocycles. The number of carbonyl (C=O) groups excluding carboxylic acids is 1. The fourth-order valence-corrected chi connectivity index (χ4v) is 4.72. The normalized spacial score (nSPS) is 13.6. The third kappa shape index (κ3) is 3.64. The summed E-state index contributed by atoms with van der Waals surface area (Å²) < 4.78 is 16.5. The highest BCUT2D eigenvalue weighted by Crippen LogP contribution is 2.31. The highest BCUT2D eigenvalue weighted by atomic mass is 32.1. The zero-order valence-corrected chi connectivity index (χ0v) is 16.4.